The number of rotatable bonds is 2. The fraction of sp³-hybridized carbons (Fsp3) is 0.133. The summed E-state index contributed by atoms with van der Waals surface area (Å²) in [5.74, 6) is -0.868. The Kier molecular flexibility index (Phi) is 2.68. The van der Waals surface area contributed by atoms with Crippen molar-refractivity contribution in [1.82, 2.24) is 4.57 Å². The molecule has 0 amide bonds. The van der Waals surface area contributed by atoms with Gasteiger partial charge in [0.2, 0.25) is 0 Å². The van der Waals surface area contributed by atoms with Crippen LogP contribution in [0.15, 0.2) is 35.8 Å². The Bertz CT molecular complexity index is 783. The molecule has 0 saturated heterocycles. The summed E-state index contributed by atoms with van der Waals surface area (Å²) in [6.07, 6.45) is 2.01. The van der Waals surface area contributed by atoms with Gasteiger partial charge >= 0.3 is 5.97 Å². The van der Waals surface area contributed by atoms with Crippen LogP contribution in [0.25, 0.3) is 22.0 Å². The lowest BCUT2D eigenvalue weighted by molar-refractivity contribution is 0.0698. The Balaban J connectivity index is 2.37. The minimum absolute atomic E-state index is 0.388. The molecule has 0 spiro atoms. The van der Waals surface area contributed by atoms with Crippen LogP contribution in [0.5, 0.6) is 0 Å². The van der Waals surface area contributed by atoms with E-state index < -0.39 is 5.97 Å². The maximum absolute atomic E-state index is 11.4. The van der Waals surface area contributed by atoms with Crippen molar-refractivity contribution in [2.45, 2.75) is 6.92 Å². The van der Waals surface area contributed by atoms with Crippen molar-refractivity contribution in [2.24, 2.45) is 7.05 Å². The van der Waals surface area contributed by atoms with Crippen molar-refractivity contribution >= 4 is 28.2 Å². The lowest BCUT2D eigenvalue weighted by Gasteiger charge is -2.01. The van der Waals surface area contributed by atoms with Gasteiger partial charge in [0.25, 0.3) is 0 Å². The van der Waals surface area contributed by atoms with E-state index in [1.54, 1.807) is 5.38 Å². The van der Waals surface area contributed by atoms with E-state index in [0.29, 0.717) is 5.56 Å². The van der Waals surface area contributed by atoms with Gasteiger partial charge in [-0.05, 0) is 13.0 Å². The van der Waals surface area contributed by atoms with Crippen LogP contribution in [0.2, 0.25) is 0 Å². The van der Waals surface area contributed by atoms with Crippen LogP contribution in [0.4, 0.5) is 0 Å². The molecule has 0 radical (unpaired) electrons. The zero-order valence-electron chi connectivity index (χ0n) is 10.7. The Morgan fingerprint density at radius 3 is 2.79 bits per heavy atom. The monoisotopic (exact) mass is 271 g/mol. The standard InChI is InChI=1S/C15H13NO2S/c1-9-14(12(8-19-9)15(17)18)11-7-16(2)13-6-4-3-5-10(11)13/h3-8H,1-2H3,(H,17,18). The number of carboxylic acid groups (broad SMARTS) is 1. The summed E-state index contributed by atoms with van der Waals surface area (Å²) in [5, 5.41) is 12.1. The van der Waals surface area contributed by atoms with Gasteiger partial charge in [0, 0.05) is 45.5 Å². The van der Waals surface area contributed by atoms with Crippen LogP contribution in [0.3, 0.4) is 0 Å². The quantitative estimate of drug-likeness (QED) is 0.767. The second-order valence-electron chi connectivity index (χ2n) is 4.56. The highest BCUT2D eigenvalue weighted by Gasteiger charge is 2.19. The number of thiophene rings is 1. The highest BCUT2D eigenvalue weighted by molar-refractivity contribution is 7.10. The molecule has 0 atom stereocenters. The molecule has 0 aliphatic carbocycles. The first-order valence-corrected chi connectivity index (χ1v) is 6.83. The summed E-state index contributed by atoms with van der Waals surface area (Å²) in [4.78, 5) is 12.4. The molecule has 1 N–H and O–H groups in total. The fourth-order valence-electron chi connectivity index (χ4n) is 2.49. The van der Waals surface area contributed by atoms with E-state index in [0.717, 1.165) is 26.9 Å². The Labute approximate surface area is 114 Å². The zero-order chi connectivity index (χ0) is 13.6. The van der Waals surface area contributed by atoms with Crippen molar-refractivity contribution in [2.75, 3.05) is 0 Å². The molecule has 0 fully saturated rings. The number of benzene rings is 1. The number of hydrogen-bond acceptors (Lipinski definition) is 2. The number of nitrogens with zero attached hydrogens (tertiary/aromatic N) is 1. The highest BCUT2D eigenvalue weighted by Crippen LogP contribution is 2.37. The van der Waals surface area contributed by atoms with Crippen molar-refractivity contribution in [3.05, 3.63) is 46.3 Å². The van der Waals surface area contributed by atoms with Crippen LogP contribution in [-0.2, 0) is 7.05 Å². The summed E-state index contributed by atoms with van der Waals surface area (Å²) in [6.45, 7) is 1.97. The van der Waals surface area contributed by atoms with Crippen LogP contribution < -0.4 is 0 Å². The third-order valence-electron chi connectivity index (χ3n) is 3.37. The zero-order valence-corrected chi connectivity index (χ0v) is 11.5. The Hall–Kier alpha value is -2.07. The summed E-state index contributed by atoms with van der Waals surface area (Å²) in [5.41, 5.74) is 3.34. The topological polar surface area (TPSA) is 42.2 Å². The molecular weight excluding hydrogens is 258 g/mol. The van der Waals surface area contributed by atoms with E-state index in [2.05, 4.69) is 0 Å². The molecule has 3 nitrogen and oxygen atoms in total. The van der Waals surface area contributed by atoms with Gasteiger partial charge in [-0.25, -0.2) is 4.79 Å². The van der Waals surface area contributed by atoms with E-state index >= 15 is 0 Å². The molecule has 0 saturated carbocycles. The van der Waals surface area contributed by atoms with Gasteiger partial charge in [-0.1, -0.05) is 18.2 Å². The van der Waals surface area contributed by atoms with Gasteiger partial charge in [-0.15, -0.1) is 11.3 Å². The van der Waals surface area contributed by atoms with E-state index in [1.807, 2.05) is 49.0 Å². The first-order chi connectivity index (χ1) is 9.09. The molecule has 19 heavy (non-hydrogen) atoms. The molecule has 96 valence electrons. The maximum Gasteiger partial charge on any atom is 0.337 e. The number of carbonyl (C=O) groups is 1. The van der Waals surface area contributed by atoms with Crippen LogP contribution in [0, 0.1) is 6.92 Å². The highest BCUT2D eigenvalue weighted by atomic mass is 32.1. The van der Waals surface area contributed by atoms with Gasteiger partial charge in [0.15, 0.2) is 0 Å². The Morgan fingerprint density at radius 1 is 1.32 bits per heavy atom. The summed E-state index contributed by atoms with van der Waals surface area (Å²) >= 11 is 1.48. The molecular formula is C15H13NO2S. The minimum Gasteiger partial charge on any atom is -0.478 e. The predicted molar refractivity (Wildman–Crippen MR) is 77.9 cm³/mol. The third-order valence-corrected chi connectivity index (χ3v) is 4.28. The molecule has 3 rings (SSSR count). The number of aromatic nitrogens is 1. The number of aromatic carboxylic acids is 1. The first-order valence-electron chi connectivity index (χ1n) is 5.95. The lowest BCUT2D eigenvalue weighted by atomic mass is 10.0. The second-order valence-corrected chi connectivity index (χ2v) is 5.64. The second kappa shape index (κ2) is 4.24. The van der Waals surface area contributed by atoms with Crippen LogP contribution in [-0.4, -0.2) is 15.6 Å². The molecule has 0 aliphatic rings. The average Bonchev–Trinajstić information content (AvgIpc) is 2.91. The van der Waals surface area contributed by atoms with Gasteiger partial charge in [-0.3, -0.25) is 0 Å². The molecule has 0 bridgehead atoms. The van der Waals surface area contributed by atoms with Crippen molar-refractivity contribution in [1.29, 1.82) is 0 Å². The van der Waals surface area contributed by atoms with E-state index in [-0.39, 0.29) is 0 Å². The summed E-state index contributed by atoms with van der Waals surface area (Å²) < 4.78 is 2.04. The summed E-state index contributed by atoms with van der Waals surface area (Å²) in [6, 6.07) is 8.05. The molecule has 3 aromatic rings. The fourth-order valence-corrected chi connectivity index (χ4v) is 3.34. The largest absolute Gasteiger partial charge is 0.478 e. The molecule has 2 heterocycles. The number of fused-ring (bicyclic) bond motifs is 1. The van der Waals surface area contributed by atoms with Gasteiger partial charge in [-0.2, -0.15) is 0 Å². The maximum atomic E-state index is 11.4. The number of carboxylic acids is 1. The van der Waals surface area contributed by atoms with Crippen molar-refractivity contribution in [3.8, 4) is 11.1 Å². The van der Waals surface area contributed by atoms with Crippen molar-refractivity contribution < 1.29 is 9.90 Å². The molecule has 0 unspecified atom stereocenters. The number of aryl methyl sites for hydroxylation is 2. The van der Waals surface area contributed by atoms with E-state index in [4.69, 9.17) is 0 Å². The minimum atomic E-state index is -0.868. The van der Waals surface area contributed by atoms with Crippen LogP contribution in [0.1, 0.15) is 15.2 Å². The average molecular weight is 271 g/mol. The third kappa shape index (κ3) is 1.76. The molecule has 1 aromatic carbocycles. The molecule has 0 aliphatic heterocycles. The smallest absolute Gasteiger partial charge is 0.337 e. The Morgan fingerprint density at radius 2 is 2.05 bits per heavy atom. The van der Waals surface area contributed by atoms with Gasteiger partial charge in [0.05, 0.1) is 5.56 Å². The first kappa shape index (κ1) is 12.0. The molecule has 2 aromatic heterocycles. The lowest BCUT2D eigenvalue weighted by Crippen LogP contribution is -1.96. The number of para-hydroxylation sites is 1. The van der Waals surface area contributed by atoms with E-state index in [1.165, 1.54) is 11.3 Å². The number of hydrogen-bond donors (Lipinski definition) is 1. The SMILES string of the molecule is Cc1scc(C(=O)O)c1-c1cn(C)c2ccccc12. The summed E-state index contributed by atoms with van der Waals surface area (Å²) in [7, 11) is 1.98. The van der Waals surface area contributed by atoms with E-state index in [9.17, 15) is 9.90 Å². The van der Waals surface area contributed by atoms with Gasteiger partial charge in [0.1, 0.15) is 0 Å². The molecule has 4 heteroatoms. The van der Waals surface area contributed by atoms with Crippen molar-refractivity contribution in [3.63, 3.8) is 0 Å². The normalized spacial score (nSPS) is 11.1. The van der Waals surface area contributed by atoms with Gasteiger partial charge < -0.3 is 9.67 Å². The van der Waals surface area contributed by atoms with Crippen LogP contribution >= 0.6 is 11.3 Å². The predicted octanol–water partition coefficient (Wildman–Crippen LogP) is 3.91.